The first-order valence-corrected chi connectivity index (χ1v) is 9.80. The minimum Gasteiger partial charge on any atom is -0.369 e. The first kappa shape index (κ1) is 17.1. The number of nitrogens with zero attached hydrogens (tertiary/aromatic N) is 4. The van der Waals surface area contributed by atoms with Crippen LogP contribution in [0.5, 0.6) is 0 Å². The van der Waals surface area contributed by atoms with Crippen molar-refractivity contribution in [3.05, 3.63) is 65.5 Å². The van der Waals surface area contributed by atoms with Gasteiger partial charge in [-0.15, -0.1) is 0 Å². The first-order chi connectivity index (χ1) is 13.7. The summed E-state index contributed by atoms with van der Waals surface area (Å²) in [5, 5.41) is 2.89. The predicted molar refractivity (Wildman–Crippen MR) is 109 cm³/mol. The molecule has 0 radical (unpaired) electrons. The van der Waals surface area contributed by atoms with Crippen molar-refractivity contribution in [1.82, 2.24) is 20.2 Å². The van der Waals surface area contributed by atoms with Gasteiger partial charge in [0.15, 0.2) is 0 Å². The van der Waals surface area contributed by atoms with Crippen molar-refractivity contribution in [2.75, 3.05) is 31.1 Å². The summed E-state index contributed by atoms with van der Waals surface area (Å²) in [5.41, 5.74) is 6.22. The summed E-state index contributed by atoms with van der Waals surface area (Å²) in [4.78, 5) is 25.6. The summed E-state index contributed by atoms with van der Waals surface area (Å²) in [6, 6.07) is 13.0. The molecule has 0 spiro atoms. The summed E-state index contributed by atoms with van der Waals surface area (Å²) < 4.78 is 0. The van der Waals surface area contributed by atoms with Crippen LogP contribution >= 0.6 is 0 Å². The van der Waals surface area contributed by atoms with Crippen molar-refractivity contribution in [3.8, 4) is 0 Å². The number of anilines is 1. The second-order valence-electron chi connectivity index (χ2n) is 7.53. The van der Waals surface area contributed by atoms with Crippen LogP contribution in [0.1, 0.15) is 34.5 Å². The number of carbonyl (C=O) groups is 1. The fourth-order valence-corrected chi connectivity index (χ4v) is 4.22. The summed E-state index contributed by atoms with van der Waals surface area (Å²) in [6.45, 7) is 6.80. The van der Waals surface area contributed by atoms with Crippen molar-refractivity contribution >= 4 is 22.6 Å². The molecule has 0 unspecified atom stereocenters. The molecule has 3 heterocycles. The van der Waals surface area contributed by atoms with Gasteiger partial charge in [-0.2, -0.15) is 0 Å². The van der Waals surface area contributed by atoms with Gasteiger partial charge in [-0.3, -0.25) is 19.7 Å². The van der Waals surface area contributed by atoms with Crippen molar-refractivity contribution < 1.29 is 4.79 Å². The Hall–Kier alpha value is -2.99. The molecular formula is C22H23N5O. The Labute approximate surface area is 164 Å². The molecule has 0 aliphatic carbocycles. The number of piperazine rings is 1. The summed E-state index contributed by atoms with van der Waals surface area (Å²) in [6.07, 6.45) is 3.47. The Morgan fingerprint density at radius 3 is 2.57 bits per heavy atom. The van der Waals surface area contributed by atoms with Gasteiger partial charge in [0.1, 0.15) is 0 Å². The highest BCUT2D eigenvalue weighted by Crippen LogP contribution is 2.27. The van der Waals surface area contributed by atoms with Crippen LogP contribution in [-0.2, 0) is 6.54 Å². The Kier molecular flexibility index (Phi) is 4.20. The Morgan fingerprint density at radius 2 is 1.75 bits per heavy atom. The quantitative estimate of drug-likeness (QED) is 0.765. The monoisotopic (exact) mass is 373 g/mol. The zero-order valence-corrected chi connectivity index (χ0v) is 15.9. The number of nitrogens with one attached hydrogen (secondary N) is 1. The van der Waals surface area contributed by atoms with Crippen molar-refractivity contribution in [3.63, 3.8) is 0 Å². The lowest BCUT2D eigenvalue weighted by Gasteiger charge is -2.39. The highest BCUT2D eigenvalue weighted by molar-refractivity contribution is 5.99. The van der Waals surface area contributed by atoms with Crippen LogP contribution < -0.4 is 10.2 Å². The molecule has 142 valence electrons. The van der Waals surface area contributed by atoms with Crippen LogP contribution in [0.3, 0.4) is 0 Å². The molecule has 2 aliphatic rings. The van der Waals surface area contributed by atoms with E-state index in [0.717, 1.165) is 54.0 Å². The van der Waals surface area contributed by atoms with Crippen LogP contribution in [0.4, 0.5) is 5.69 Å². The van der Waals surface area contributed by atoms with E-state index in [0.29, 0.717) is 12.6 Å². The molecule has 1 aromatic heterocycles. The Balaban J connectivity index is 1.29. The lowest BCUT2D eigenvalue weighted by atomic mass is 10.0. The standard InChI is InChI=1S/C22H23N5O/c1-15(16-3-5-20-21(12-16)24-7-6-23-20)26-8-10-27(11-9-26)18-4-2-17-14-25-22(28)19(17)13-18/h2-7,12-13,15H,8-11,14H2,1H3,(H,25,28)/t15-/m0/s1. The molecule has 0 saturated carbocycles. The molecule has 1 atom stereocenters. The van der Waals surface area contributed by atoms with Gasteiger partial charge in [0.05, 0.1) is 11.0 Å². The van der Waals surface area contributed by atoms with Gasteiger partial charge in [0.2, 0.25) is 0 Å². The number of hydrogen-bond donors (Lipinski definition) is 1. The molecule has 0 bridgehead atoms. The third-order valence-corrected chi connectivity index (χ3v) is 5.98. The van der Waals surface area contributed by atoms with E-state index in [-0.39, 0.29) is 5.91 Å². The zero-order chi connectivity index (χ0) is 19.1. The van der Waals surface area contributed by atoms with Crippen LogP contribution in [0.15, 0.2) is 48.8 Å². The number of amides is 1. The van der Waals surface area contributed by atoms with Crippen LogP contribution in [0, 0.1) is 0 Å². The van der Waals surface area contributed by atoms with Gasteiger partial charge >= 0.3 is 0 Å². The van der Waals surface area contributed by atoms with Crippen LogP contribution in [0.25, 0.3) is 11.0 Å². The zero-order valence-electron chi connectivity index (χ0n) is 15.9. The van der Waals surface area contributed by atoms with E-state index in [1.807, 2.05) is 6.07 Å². The first-order valence-electron chi connectivity index (χ1n) is 9.80. The molecule has 1 N–H and O–H groups in total. The second-order valence-corrected chi connectivity index (χ2v) is 7.53. The maximum Gasteiger partial charge on any atom is 0.251 e. The summed E-state index contributed by atoms with van der Waals surface area (Å²) in [5.74, 6) is 0.0449. The van der Waals surface area contributed by atoms with E-state index in [1.54, 1.807) is 12.4 Å². The Morgan fingerprint density at radius 1 is 0.964 bits per heavy atom. The smallest absolute Gasteiger partial charge is 0.251 e. The third-order valence-electron chi connectivity index (χ3n) is 5.98. The molecule has 2 aliphatic heterocycles. The second kappa shape index (κ2) is 6.87. The molecule has 6 nitrogen and oxygen atoms in total. The number of hydrogen-bond acceptors (Lipinski definition) is 5. The molecule has 2 aromatic carbocycles. The number of aromatic nitrogens is 2. The van der Waals surface area contributed by atoms with Gasteiger partial charge in [-0.25, -0.2) is 0 Å². The molecule has 6 heteroatoms. The highest BCUT2D eigenvalue weighted by Gasteiger charge is 2.25. The van der Waals surface area contributed by atoms with Gasteiger partial charge in [-0.1, -0.05) is 12.1 Å². The summed E-state index contributed by atoms with van der Waals surface area (Å²) in [7, 11) is 0. The number of fused-ring (bicyclic) bond motifs is 2. The van der Waals surface area contributed by atoms with Gasteiger partial charge in [-0.05, 0) is 42.3 Å². The maximum absolute atomic E-state index is 11.9. The lowest BCUT2D eigenvalue weighted by molar-refractivity contribution is 0.0966. The predicted octanol–water partition coefficient (Wildman–Crippen LogP) is 2.76. The van der Waals surface area contributed by atoms with E-state index in [2.05, 4.69) is 62.3 Å². The van der Waals surface area contributed by atoms with Gasteiger partial charge in [0.25, 0.3) is 5.91 Å². The fourth-order valence-electron chi connectivity index (χ4n) is 4.22. The molecule has 1 amide bonds. The topological polar surface area (TPSA) is 61.4 Å². The number of carbonyl (C=O) groups excluding carboxylic acids is 1. The average molecular weight is 373 g/mol. The van der Waals surface area contributed by atoms with E-state index in [1.165, 1.54) is 5.56 Å². The third kappa shape index (κ3) is 2.99. The average Bonchev–Trinajstić information content (AvgIpc) is 3.13. The SMILES string of the molecule is C[C@@H](c1ccc2nccnc2c1)N1CCN(c2ccc3c(c2)C(=O)NC3)CC1. The minimum absolute atomic E-state index is 0.0449. The fraction of sp³-hybridized carbons (Fsp3) is 0.318. The molecular weight excluding hydrogens is 350 g/mol. The molecule has 28 heavy (non-hydrogen) atoms. The van der Waals surface area contributed by atoms with Crippen molar-refractivity contribution in [2.24, 2.45) is 0 Å². The molecule has 3 aromatic rings. The lowest BCUT2D eigenvalue weighted by Crippen LogP contribution is -2.47. The van der Waals surface area contributed by atoms with Gasteiger partial charge in [0, 0.05) is 62.4 Å². The van der Waals surface area contributed by atoms with Crippen molar-refractivity contribution in [2.45, 2.75) is 19.5 Å². The summed E-state index contributed by atoms with van der Waals surface area (Å²) >= 11 is 0. The van der Waals surface area contributed by atoms with E-state index in [9.17, 15) is 4.79 Å². The molecule has 1 saturated heterocycles. The van der Waals surface area contributed by atoms with E-state index in [4.69, 9.17) is 0 Å². The highest BCUT2D eigenvalue weighted by atomic mass is 16.1. The Bertz CT molecular complexity index is 1040. The number of rotatable bonds is 3. The van der Waals surface area contributed by atoms with Crippen LogP contribution in [0.2, 0.25) is 0 Å². The van der Waals surface area contributed by atoms with Crippen LogP contribution in [-0.4, -0.2) is 47.0 Å². The maximum atomic E-state index is 11.9. The van der Waals surface area contributed by atoms with E-state index < -0.39 is 0 Å². The van der Waals surface area contributed by atoms with Crippen molar-refractivity contribution in [1.29, 1.82) is 0 Å². The normalized spacial score (nSPS) is 18.2. The largest absolute Gasteiger partial charge is 0.369 e. The minimum atomic E-state index is 0.0449. The molecule has 1 fully saturated rings. The van der Waals surface area contributed by atoms with E-state index >= 15 is 0 Å². The van der Waals surface area contributed by atoms with Gasteiger partial charge < -0.3 is 10.2 Å². The molecule has 5 rings (SSSR count). The number of benzene rings is 2.